The molecule has 0 atom stereocenters. The first-order valence-corrected chi connectivity index (χ1v) is 4.28. The number of aliphatic imine (C=N–C) groups is 1. The van der Waals surface area contributed by atoms with Gasteiger partial charge in [-0.2, -0.15) is 0 Å². The maximum Gasteiger partial charge on any atom is 0.0606 e. The summed E-state index contributed by atoms with van der Waals surface area (Å²) in [6.07, 6.45) is 3.19. The van der Waals surface area contributed by atoms with Crippen LogP contribution in [-0.2, 0) is 0 Å². The smallest absolute Gasteiger partial charge is 0.0606 e. The summed E-state index contributed by atoms with van der Waals surface area (Å²) in [5.74, 6) is 0. The first kappa shape index (κ1) is 8.51. The molecule has 1 heteroatoms. The molecule has 0 spiro atoms. The molecule has 62 valence electrons. The van der Waals surface area contributed by atoms with Crippen LogP contribution in [0.25, 0.3) is 0 Å². The van der Waals surface area contributed by atoms with E-state index in [2.05, 4.69) is 32.7 Å². The van der Waals surface area contributed by atoms with Gasteiger partial charge in [-0.15, -0.1) is 0 Å². The molecule has 0 saturated heterocycles. The molecule has 1 rings (SSSR count). The van der Waals surface area contributed by atoms with Crippen LogP contribution in [0.5, 0.6) is 0 Å². The van der Waals surface area contributed by atoms with Crippen LogP contribution < -0.4 is 0 Å². The molecule has 1 aliphatic rings. The van der Waals surface area contributed by atoms with Crippen molar-refractivity contribution in [3.8, 4) is 0 Å². The average Bonchev–Trinajstić information content (AvgIpc) is 2.31. The van der Waals surface area contributed by atoms with Crippen LogP contribution in [-0.4, -0.2) is 12.8 Å². The Bertz CT molecular complexity index is 203. The lowest BCUT2D eigenvalue weighted by Gasteiger charge is -2.20. The number of allylic oxidation sites excluding steroid dienone is 1. The van der Waals surface area contributed by atoms with Gasteiger partial charge in [-0.3, -0.25) is 4.99 Å². The molecule has 0 amide bonds. The van der Waals surface area contributed by atoms with Gasteiger partial charge in [0.1, 0.15) is 0 Å². The number of hydrogen-bond donors (Lipinski definition) is 0. The summed E-state index contributed by atoms with van der Waals surface area (Å²) in [7, 11) is 0. The monoisotopic (exact) mass is 151 g/mol. The second kappa shape index (κ2) is 2.80. The highest BCUT2D eigenvalue weighted by molar-refractivity contribution is 5.84. The number of nitrogens with zero attached hydrogens (tertiary/aromatic N) is 1. The fraction of sp³-hybridized carbons (Fsp3) is 0.700. The minimum absolute atomic E-state index is 0.283. The molecular formula is C10H17N. The van der Waals surface area contributed by atoms with Crippen LogP contribution in [0.15, 0.2) is 16.1 Å². The zero-order valence-corrected chi connectivity index (χ0v) is 7.94. The van der Waals surface area contributed by atoms with Crippen molar-refractivity contribution in [1.82, 2.24) is 0 Å². The molecule has 11 heavy (non-hydrogen) atoms. The summed E-state index contributed by atoms with van der Waals surface area (Å²) in [5, 5.41) is 0. The topological polar surface area (TPSA) is 12.4 Å². The van der Waals surface area contributed by atoms with Crippen molar-refractivity contribution in [1.29, 1.82) is 0 Å². The second-order valence-corrected chi connectivity index (χ2v) is 4.09. The third-order valence-corrected chi connectivity index (χ3v) is 2.12. The molecule has 0 fully saturated rings. The fourth-order valence-corrected chi connectivity index (χ4v) is 1.45. The van der Waals surface area contributed by atoms with Crippen molar-refractivity contribution in [2.45, 2.75) is 34.1 Å². The van der Waals surface area contributed by atoms with Gasteiger partial charge in [-0.1, -0.05) is 27.7 Å². The normalized spacial score (nSPS) is 18.2. The third-order valence-electron chi connectivity index (χ3n) is 2.12. The molecule has 0 radical (unpaired) electrons. The van der Waals surface area contributed by atoms with E-state index in [0.717, 1.165) is 13.0 Å². The molecule has 0 saturated carbocycles. The Kier molecular flexibility index (Phi) is 2.17. The van der Waals surface area contributed by atoms with Crippen LogP contribution in [0.3, 0.4) is 0 Å². The maximum atomic E-state index is 4.28. The maximum absolute atomic E-state index is 4.28. The molecular weight excluding hydrogens is 134 g/mol. The first-order valence-electron chi connectivity index (χ1n) is 4.28. The van der Waals surface area contributed by atoms with E-state index in [0.29, 0.717) is 0 Å². The van der Waals surface area contributed by atoms with E-state index in [9.17, 15) is 0 Å². The summed E-state index contributed by atoms with van der Waals surface area (Å²) in [6.45, 7) is 9.87. The minimum atomic E-state index is 0.283. The van der Waals surface area contributed by atoms with Gasteiger partial charge in [0.05, 0.1) is 6.54 Å². The Labute approximate surface area is 69.2 Å². The number of hydrogen-bond acceptors (Lipinski definition) is 1. The highest BCUT2D eigenvalue weighted by Gasteiger charge is 2.21. The van der Waals surface area contributed by atoms with Crippen molar-refractivity contribution in [3.05, 3.63) is 11.1 Å². The summed E-state index contributed by atoms with van der Waals surface area (Å²) < 4.78 is 0. The lowest BCUT2D eigenvalue weighted by atomic mass is 9.84. The fourth-order valence-electron chi connectivity index (χ4n) is 1.45. The van der Waals surface area contributed by atoms with Crippen molar-refractivity contribution in [2.75, 3.05) is 6.54 Å². The van der Waals surface area contributed by atoms with Crippen molar-refractivity contribution in [2.24, 2.45) is 10.4 Å². The standard InChI is InChI=1S/C10H17N/c1-5-8-6-11-7-9(8)10(2,3)4/h7H,5-6H2,1-4H3. The Morgan fingerprint density at radius 1 is 1.45 bits per heavy atom. The molecule has 0 aromatic carbocycles. The third kappa shape index (κ3) is 1.70. The predicted octanol–water partition coefficient (Wildman–Crippen LogP) is 2.82. The zero-order valence-electron chi connectivity index (χ0n) is 7.94. The molecule has 1 nitrogen and oxygen atoms in total. The van der Waals surface area contributed by atoms with E-state index < -0.39 is 0 Å². The molecule has 1 heterocycles. The van der Waals surface area contributed by atoms with Gasteiger partial charge in [0.15, 0.2) is 0 Å². The van der Waals surface area contributed by atoms with Gasteiger partial charge in [-0.05, 0) is 23.0 Å². The first-order chi connectivity index (χ1) is 5.05. The molecule has 0 N–H and O–H groups in total. The van der Waals surface area contributed by atoms with Crippen LogP contribution in [0, 0.1) is 5.41 Å². The van der Waals surface area contributed by atoms with E-state index in [4.69, 9.17) is 0 Å². The summed E-state index contributed by atoms with van der Waals surface area (Å²) >= 11 is 0. The Balaban J connectivity index is 2.91. The zero-order chi connectivity index (χ0) is 8.48. The Morgan fingerprint density at radius 3 is 2.45 bits per heavy atom. The van der Waals surface area contributed by atoms with Gasteiger partial charge >= 0.3 is 0 Å². The quantitative estimate of drug-likeness (QED) is 0.546. The Hall–Kier alpha value is -0.590. The highest BCUT2D eigenvalue weighted by Crippen LogP contribution is 2.30. The molecule has 0 unspecified atom stereocenters. The van der Waals surface area contributed by atoms with Crippen LogP contribution in [0.2, 0.25) is 0 Å². The molecule has 0 aromatic heterocycles. The molecule has 0 aromatic rings. The Morgan fingerprint density at radius 2 is 2.09 bits per heavy atom. The van der Waals surface area contributed by atoms with Crippen LogP contribution in [0.4, 0.5) is 0 Å². The van der Waals surface area contributed by atoms with Gasteiger partial charge in [-0.25, -0.2) is 0 Å². The largest absolute Gasteiger partial charge is 0.288 e. The minimum Gasteiger partial charge on any atom is -0.288 e. The molecule has 1 aliphatic heterocycles. The van der Waals surface area contributed by atoms with E-state index in [-0.39, 0.29) is 5.41 Å². The van der Waals surface area contributed by atoms with Gasteiger partial charge < -0.3 is 0 Å². The summed E-state index contributed by atoms with van der Waals surface area (Å²) in [5.41, 5.74) is 3.24. The lowest BCUT2D eigenvalue weighted by Crippen LogP contribution is -2.11. The van der Waals surface area contributed by atoms with Gasteiger partial charge in [0.2, 0.25) is 0 Å². The van der Waals surface area contributed by atoms with Crippen molar-refractivity contribution < 1.29 is 0 Å². The van der Waals surface area contributed by atoms with Gasteiger partial charge in [0, 0.05) is 6.21 Å². The molecule has 0 bridgehead atoms. The SMILES string of the molecule is CCC1=C(C(C)(C)C)C=NC1. The highest BCUT2D eigenvalue weighted by atomic mass is 14.7. The average molecular weight is 151 g/mol. The van der Waals surface area contributed by atoms with Crippen molar-refractivity contribution in [3.63, 3.8) is 0 Å². The summed E-state index contributed by atoms with van der Waals surface area (Å²) in [4.78, 5) is 4.28. The summed E-state index contributed by atoms with van der Waals surface area (Å²) in [6, 6.07) is 0. The number of rotatable bonds is 1. The lowest BCUT2D eigenvalue weighted by molar-refractivity contribution is 0.522. The molecule has 0 aliphatic carbocycles. The van der Waals surface area contributed by atoms with Crippen LogP contribution >= 0.6 is 0 Å². The van der Waals surface area contributed by atoms with E-state index in [1.807, 2.05) is 6.21 Å². The van der Waals surface area contributed by atoms with E-state index in [1.54, 1.807) is 0 Å². The predicted molar refractivity (Wildman–Crippen MR) is 50.1 cm³/mol. The van der Waals surface area contributed by atoms with E-state index in [1.165, 1.54) is 11.1 Å². The van der Waals surface area contributed by atoms with E-state index >= 15 is 0 Å². The second-order valence-electron chi connectivity index (χ2n) is 4.09. The van der Waals surface area contributed by atoms with Gasteiger partial charge in [0.25, 0.3) is 0 Å². The van der Waals surface area contributed by atoms with Crippen molar-refractivity contribution >= 4 is 6.21 Å². The van der Waals surface area contributed by atoms with Crippen LogP contribution in [0.1, 0.15) is 34.1 Å².